The minimum absolute atomic E-state index is 0.0640. The van der Waals surface area contributed by atoms with Crippen LogP contribution in [-0.4, -0.2) is 16.5 Å². The van der Waals surface area contributed by atoms with Gasteiger partial charge in [-0.1, -0.05) is 23.9 Å². The van der Waals surface area contributed by atoms with Gasteiger partial charge in [0.15, 0.2) is 18.2 Å². The summed E-state index contributed by atoms with van der Waals surface area (Å²) in [5, 5.41) is 7.95. The van der Waals surface area contributed by atoms with Crippen LogP contribution in [0, 0.1) is 5.82 Å². The van der Waals surface area contributed by atoms with Crippen LogP contribution in [0.25, 0.3) is 0 Å². The first kappa shape index (κ1) is 10.9. The van der Waals surface area contributed by atoms with Gasteiger partial charge in [-0.2, -0.15) is 0 Å². The van der Waals surface area contributed by atoms with E-state index in [-0.39, 0.29) is 12.4 Å². The molecule has 0 aliphatic rings. The van der Waals surface area contributed by atoms with Gasteiger partial charge in [-0.3, -0.25) is 0 Å². The molecule has 1 aromatic carbocycles. The van der Waals surface area contributed by atoms with E-state index in [9.17, 15) is 4.39 Å². The van der Waals surface area contributed by atoms with Crippen LogP contribution in [0.3, 0.4) is 0 Å². The molecule has 16 heavy (non-hydrogen) atoms. The minimum atomic E-state index is -0.410. The number of hydrogen-bond acceptors (Lipinski definition) is 5. The Morgan fingerprint density at radius 3 is 2.88 bits per heavy atom. The van der Waals surface area contributed by atoms with Crippen molar-refractivity contribution >= 4 is 11.8 Å². The number of aromatic nitrogens is 2. The largest absolute Gasteiger partial charge is 0.481 e. The first-order valence-electron chi connectivity index (χ1n) is 4.53. The number of rotatable bonds is 4. The van der Waals surface area contributed by atoms with Gasteiger partial charge in [0.1, 0.15) is 0 Å². The second-order valence-electron chi connectivity index (χ2n) is 2.88. The second kappa shape index (κ2) is 4.98. The Morgan fingerprint density at radius 1 is 1.38 bits per heavy atom. The second-order valence-corrected chi connectivity index (χ2v) is 3.64. The van der Waals surface area contributed by atoms with Crippen LogP contribution in [0.2, 0.25) is 0 Å². The van der Waals surface area contributed by atoms with Crippen molar-refractivity contribution in [2.45, 2.75) is 11.8 Å². The van der Waals surface area contributed by atoms with Crippen LogP contribution in [0.5, 0.6) is 5.75 Å². The lowest BCUT2D eigenvalue weighted by molar-refractivity contribution is 0.242. The standard InChI is InChI=1S/C10H9FN2O2S/c1-16-10-13-12-9(15-10)6-14-8-5-3-2-4-7(8)11/h2-5H,6H2,1H3. The summed E-state index contributed by atoms with van der Waals surface area (Å²) in [6.07, 6.45) is 1.83. The van der Waals surface area contributed by atoms with Gasteiger partial charge < -0.3 is 9.15 Å². The van der Waals surface area contributed by atoms with Crippen LogP contribution in [-0.2, 0) is 6.61 Å². The van der Waals surface area contributed by atoms with E-state index in [2.05, 4.69) is 10.2 Å². The zero-order valence-corrected chi connectivity index (χ0v) is 9.33. The van der Waals surface area contributed by atoms with Gasteiger partial charge in [0.25, 0.3) is 11.1 Å². The Morgan fingerprint density at radius 2 is 2.19 bits per heavy atom. The lowest BCUT2D eigenvalue weighted by Gasteiger charge is -2.03. The summed E-state index contributed by atoms with van der Waals surface area (Å²) >= 11 is 1.34. The summed E-state index contributed by atoms with van der Waals surface area (Å²) in [5.41, 5.74) is 0. The smallest absolute Gasteiger partial charge is 0.276 e. The van der Waals surface area contributed by atoms with Crippen molar-refractivity contribution in [3.8, 4) is 5.75 Å². The maximum Gasteiger partial charge on any atom is 0.276 e. The van der Waals surface area contributed by atoms with Crippen molar-refractivity contribution in [2.75, 3.05) is 6.26 Å². The summed E-state index contributed by atoms with van der Waals surface area (Å²) in [7, 11) is 0. The molecule has 0 saturated heterocycles. The Labute approximate surface area is 95.8 Å². The molecular formula is C10H9FN2O2S. The van der Waals surface area contributed by atoms with Crippen molar-refractivity contribution in [3.63, 3.8) is 0 Å². The van der Waals surface area contributed by atoms with Crippen LogP contribution < -0.4 is 4.74 Å². The van der Waals surface area contributed by atoms with Gasteiger partial charge in [-0.25, -0.2) is 4.39 Å². The first-order valence-corrected chi connectivity index (χ1v) is 5.76. The molecule has 6 heteroatoms. The maximum absolute atomic E-state index is 13.2. The molecule has 0 saturated carbocycles. The highest BCUT2D eigenvalue weighted by atomic mass is 32.2. The molecule has 0 radical (unpaired) electrons. The average molecular weight is 240 g/mol. The van der Waals surface area contributed by atoms with Gasteiger partial charge in [-0.05, 0) is 18.4 Å². The minimum Gasteiger partial charge on any atom is -0.481 e. The molecule has 1 aromatic heterocycles. The van der Waals surface area contributed by atoms with E-state index in [0.717, 1.165) is 0 Å². The van der Waals surface area contributed by atoms with Crippen LogP contribution in [0.1, 0.15) is 5.89 Å². The number of hydrogen-bond donors (Lipinski definition) is 0. The fourth-order valence-electron chi connectivity index (χ4n) is 1.08. The SMILES string of the molecule is CSc1nnc(COc2ccccc2F)o1. The molecule has 0 atom stereocenters. The lowest BCUT2D eigenvalue weighted by atomic mass is 10.3. The maximum atomic E-state index is 13.2. The molecule has 0 unspecified atom stereocenters. The van der Waals surface area contributed by atoms with Gasteiger partial charge in [-0.15, -0.1) is 10.2 Å². The molecule has 0 aliphatic carbocycles. The number of ether oxygens (including phenoxy) is 1. The normalized spacial score (nSPS) is 10.4. The third kappa shape index (κ3) is 2.52. The molecule has 2 rings (SSSR count). The third-order valence-corrected chi connectivity index (χ3v) is 2.32. The summed E-state index contributed by atoms with van der Waals surface area (Å²) in [6, 6.07) is 6.16. The summed E-state index contributed by atoms with van der Waals surface area (Å²) in [6.45, 7) is 0.0640. The molecule has 0 fully saturated rings. The molecule has 84 valence electrons. The van der Waals surface area contributed by atoms with Crippen LogP contribution >= 0.6 is 11.8 Å². The van der Waals surface area contributed by atoms with E-state index >= 15 is 0 Å². The Hall–Kier alpha value is -1.56. The number of thioether (sulfide) groups is 1. The van der Waals surface area contributed by atoms with Crippen molar-refractivity contribution < 1.29 is 13.5 Å². The Balaban J connectivity index is 1.99. The highest BCUT2D eigenvalue weighted by Gasteiger charge is 2.07. The zero-order chi connectivity index (χ0) is 11.4. The predicted molar refractivity (Wildman–Crippen MR) is 56.8 cm³/mol. The number of benzene rings is 1. The molecule has 2 aromatic rings. The van der Waals surface area contributed by atoms with Crippen molar-refractivity contribution in [2.24, 2.45) is 0 Å². The number of nitrogens with zero attached hydrogens (tertiary/aromatic N) is 2. The van der Waals surface area contributed by atoms with E-state index in [1.54, 1.807) is 18.2 Å². The zero-order valence-electron chi connectivity index (χ0n) is 8.51. The Kier molecular flexibility index (Phi) is 3.40. The third-order valence-electron chi connectivity index (χ3n) is 1.81. The number of halogens is 1. The molecular weight excluding hydrogens is 231 g/mol. The monoisotopic (exact) mass is 240 g/mol. The van der Waals surface area contributed by atoms with Crippen LogP contribution in [0.4, 0.5) is 4.39 Å². The van der Waals surface area contributed by atoms with Gasteiger partial charge in [0.05, 0.1) is 0 Å². The lowest BCUT2D eigenvalue weighted by Crippen LogP contribution is -1.97. The molecule has 0 spiro atoms. The van der Waals surface area contributed by atoms with E-state index in [1.165, 1.54) is 17.8 Å². The van der Waals surface area contributed by atoms with E-state index in [1.807, 2.05) is 6.26 Å². The van der Waals surface area contributed by atoms with E-state index < -0.39 is 5.82 Å². The molecule has 0 bridgehead atoms. The highest BCUT2D eigenvalue weighted by molar-refractivity contribution is 7.98. The van der Waals surface area contributed by atoms with Gasteiger partial charge in [0.2, 0.25) is 0 Å². The molecule has 1 heterocycles. The molecule has 0 aliphatic heterocycles. The topological polar surface area (TPSA) is 48.2 Å². The molecule has 4 nitrogen and oxygen atoms in total. The Bertz CT molecular complexity index is 475. The van der Waals surface area contributed by atoms with Crippen molar-refractivity contribution in [1.29, 1.82) is 0 Å². The average Bonchev–Trinajstić information content (AvgIpc) is 2.76. The summed E-state index contributed by atoms with van der Waals surface area (Å²) < 4.78 is 23.6. The van der Waals surface area contributed by atoms with Crippen molar-refractivity contribution in [3.05, 3.63) is 36.0 Å². The summed E-state index contributed by atoms with van der Waals surface area (Å²) in [4.78, 5) is 0. The van der Waals surface area contributed by atoms with Crippen LogP contribution in [0.15, 0.2) is 33.9 Å². The quantitative estimate of drug-likeness (QED) is 0.768. The highest BCUT2D eigenvalue weighted by Crippen LogP contribution is 2.18. The molecule has 0 N–H and O–H groups in total. The summed E-state index contributed by atoms with van der Waals surface area (Å²) in [5.74, 6) is 0.0890. The number of para-hydroxylation sites is 1. The fourth-order valence-corrected chi connectivity index (χ4v) is 1.38. The van der Waals surface area contributed by atoms with E-state index in [4.69, 9.17) is 9.15 Å². The fraction of sp³-hybridized carbons (Fsp3) is 0.200. The predicted octanol–water partition coefficient (Wildman–Crippen LogP) is 2.51. The van der Waals surface area contributed by atoms with Gasteiger partial charge >= 0.3 is 0 Å². The van der Waals surface area contributed by atoms with E-state index in [0.29, 0.717) is 11.1 Å². The first-order chi connectivity index (χ1) is 7.79. The van der Waals surface area contributed by atoms with Gasteiger partial charge in [0, 0.05) is 0 Å². The van der Waals surface area contributed by atoms with Crippen molar-refractivity contribution in [1.82, 2.24) is 10.2 Å². The molecule has 0 amide bonds.